The Balaban J connectivity index is 1.75. The Morgan fingerprint density at radius 2 is 1.54 bits per heavy atom. The van der Waals surface area contributed by atoms with E-state index in [1.165, 1.54) is 6.07 Å². The fraction of sp³-hybridized carbons (Fsp3) is 0.211. The van der Waals surface area contributed by atoms with Gasteiger partial charge in [-0.2, -0.15) is 0 Å². The molecule has 2 aliphatic rings. The van der Waals surface area contributed by atoms with Gasteiger partial charge in [0, 0.05) is 17.5 Å². The minimum Gasteiger partial charge on any atom is -0.508 e. The number of amides is 2. The number of rotatable bonds is 2. The van der Waals surface area contributed by atoms with Crippen LogP contribution in [0.4, 0.5) is 0 Å². The molecule has 24 heavy (non-hydrogen) atoms. The van der Waals surface area contributed by atoms with Crippen LogP contribution < -0.4 is 0 Å². The fourth-order valence-electron chi connectivity index (χ4n) is 3.51. The second kappa shape index (κ2) is 5.30. The molecule has 0 unspecified atom stereocenters. The average Bonchev–Trinajstić information content (AvgIpc) is 2.83. The first-order valence-corrected chi connectivity index (χ1v) is 7.90. The van der Waals surface area contributed by atoms with Crippen LogP contribution in [0.2, 0.25) is 0 Å². The van der Waals surface area contributed by atoms with E-state index in [1.54, 1.807) is 30.3 Å². The van der Waals surface area contributed by atoms with Crippen molar-refractivity contribution in [3.8, 4) is 5.75 Å². The van der Waals surface area contributed by atoms with Crippen LogP contribution in [-0.2, 0) is 13.0 Å². The topological polar surface area (TPSA) is 74.7 Å². The molecule has 1 N–H and O–H groups in total. The Bertz CT molecular complexity index is 865. The molecule has 1 aliphatic carbocycles. The summed E-state index contributed by atoms with van der Waals surface area (Å²) in [4.78, 5) is 38.2. The van der Waals surface area contributed by atoms with E-state index in [1.807, 2.05) is 0 Å². The molecule has 2 aromatic rings. The van der Waals surface area contributed by atoms with Crippen LogP contribution in [-0.4, -0.2) is 27.6 Å². The van der Waals surface area contributed by atoms with Crippen LogP contribution in [0.3, 0.4) is 0 Å². The molecule has 2 aromatic carbocycles. The largest absolute Gasteiger partial charge is 0.508 e. The van der Waals surface area contributed by atoms with E-state index in [0.717, 1.165) is 10.5 Å². The SMILES string of the molecule is O=C1CCCc2c1ccc(O)c2CN1C(=O)c2ccccc2C1=O. The number of phenols is 1. The number of carbonyl (C=O) groups is 3. The zero-order chi connectivity index (χ0) is 16.8. The maximum absolute atomic E-state index is 12.5. The molecular weight excluding hydrogens is 306 g/mol. The second-order valence-corrected chi connectivity index (χ2v) is 6.11. The van der Waals surface area contributed by atoms with E-state index in [2.05, 4.69) is 0 Å². The molecule has 1 heterocycles. The summed E-state index contributed by atoms with van der Waals surface area (Å²) in [5.74, 6) is -0.677. The Morgan fingerprint density at radius 1 is 0.875 bits per heavy atom. The van der Waals surface area contributed by atoms with Crippen molar-refractivity contribution >= 4 is 17.6 Å². The number of hydrogen-bond acceptors (Lipinski definition) is 4. The number of fused-ring (bicyclic) bond motifs is 2. The summed E-state index contributed by atoms with van der Waals surface area (Å²) in [6.45, 7) is -0.0192. The average molecular weight is 321 g/mol. The molecule has 5 heteroatoms. The van der Waals surface area contributed by atoms with Crippen LogP contribution in [0.15, 0.2) is 36.4 Å². The van der Waals surface area contributed by atoms with Gasteiger partial charge in [0.2, 0.25) is 0 Å². The normalized spacial score (nSPS) is 16.3. The highest BCUT2D eigenvalue weighted by atomic mass is 16.3. The van der Waals surface area contributed by atoms with Crippen molar-refractivity contribution in [2.75, 3.05) is 0 Å². The quantitative estimate of drug-likeness (QED) is 0.863. The number of nitrogens with zero attached hydrogens (tertiary/aromatic N) is 1. The number of ketones is 1. The van der Waals surface area contributed by atoms with E-state index in [4.69, 9.17) is 0 Å². The Kier molecular flexibility index (Phi) is 3.23. The highest BCUT2D eigenvalue weighted by molar-refractivity contribution is 6.21. The maximum atomic E-state index is 12.5. The molecule has 0 saturated heterocycles. The van der Waals surface area contributed by atoms with E-state index in [-0.39, 0.29) is 29.9 Å². The number of benzene rings is 2. The standard InChI is InChI=1S/C19H15NO4/c21-16-7-3-6-11-12(16)8-9-17(22)15(11)10-20-18(23)13-4-1-2-5-14(13)19(20)24/h1-2,4-5,8-9,22H,3,6-7,10H2. The predicted molar refractivity (Wildman–Crippen MR) is 86.0 cm³/mol. The lowest BCUT2D eigenvalue weighted by Gasteiger charge is -2.22. The molecule has 4 rings (SSSR count). The van der Waals surface area contributed by atoms with Crippen molar-refractivity contribution in [1.29, 1.82) is 0 Å². The van der Waals surface area contributed by atoms with Gasteiger partial charge in [-0.3, -0.25) is 19.3 Å². The van der Waals surface area contributed by atoms with Crippen molar-refractivity contribution in [2.24, 2.45) is 0 Å². The first-order valence-electron chi connectivity index (χ1n) is 7.90. The van der Waals surface area contributed by atoms with Gasteiger partial charge >= 0.3 is 0 Å². The second-order valence-electron chi connectivity index (χ2n) is 6.11. The lowest BCUT2D eigenvalue weighted by Crippen LogP contribution is -2.30. The van der Waals surface area contributed by atoms with Crippen molar-refractivity contribution in [3.05, 3.63) is 64.2 Å². The van der Waals surface area contributed by atoms with E-state index in [0.29, 0.717) is 41.5 Å². The van der Waals surface area contributed by atoms with Crippen LogP contribution in [0.1, 0.15) is 55.0 Å². The van der Waals surface area contributed by atoms with E-state index in [9.17, 15) is 19.5 Å². The minimum atomic E-state index is -0.366. The van der Waals surface area contributed by atoms with Crippen LogP contribution in [0, 0.1) is 0 Å². The third-order valence-electron chi connectivity index (χ3n) is 4.73. The molecule has 0 fully saturated rings. The van der Waals surface area contributed by atoms with E-state index >= 15 is 0 Å². The third-order valence-corrected chi connectivity index (χ3v) is 4.73. The maximum Gasteiger partial charge on any atom is 0.261 e. The first-order chi connectivity index (χ1) is 11.6. The summed E-state index contributed by atoms with van der Waals surface area (Å²) in [5, 5.41) is 10.2. The number of aromatic hydroxyl groups is 1. The molecule has 0 spiro atoms. The first kappa shape index (κ1) is 14.6. The van der Waals surface area contributed by atoms with Gasteiger partial charge < -0.3 is 5.11 Å². The van der Waals surface area contributed by atoms with Crippen molar-refractivity contribution in [3.63, 3.8) is 0 Å². The summed E-state index contributed by atoms with van der Waals surface area (Å²) in [6.07, 6.45) is 1.86. The Morgan fingerprint density at radius 3 is 2.21 bits per heavy atom. The van der Waals surface area contributed by atoms with Gasteiger partial charge in [0.15, 0.2) is 5.78 Å². The smallest absolute Gasteiger partial charge is 0.261 e. The Labute approximate surface area is 138 Å². The summed E-state index contributed by atoms with van der Waals surface area (Å²) < 4.78 is 0. The van der Waals surface area contributed by atoms with Crippen molar-refractivity contribution in [1.82, 2.24) is 4.90 Å². The van der Waals surface area contributed by atoms with E-state index < -0.39 is 0 Å². The Hall–Kier alpha value is -2.95. The molecule has 2 amide bonds. The number of carbonyl (C=O) groups excluding carboxylic acids is 3. The number of phenolic OH excluding ortho intramolecular Hbond substituents is 1. The molecule has 0 radical (unpaired) electrons. The summed E-state index contributed by atoms with van der Waals surface area (Å²) >= 11 is 0. The van der Waals surface area contributed by atoms with Crippen molar-refractivity contribution < 1.29 is 19.5 Å². The number of Topliss-reactive ketones (excluding diaryl/α,β-unsaturated/α-hetero) is 1. The number of imide groups is 1. The third kappa shape index (κ3) is 2.05. The molecule has 5 nitrogen and oxygen atoms in total. The lowest BCUT2D eigenvalue weighted by molar-refractivity contribution is 0.0641. The van der Waals surface area contributed by atoms with Crippen LogP contribution in [0.5, 0.6) is 5.75 Å². The van der Waals surface area contributed by atoms with Gasteiger partial charge in [-0.15, -0.1) is 0 Å². The van der Waals surface area contributed by atoms with Gasteiger partial charge in [0.1, 0.15) is 5.75 Å². The van der Waals surface area contributed by atoms with Gasteiger partial charge in [-0.25, -0.2) is 0 Å². The van der Waals surface area contributed by atoms with Crippen LogP contribution in [0.25, 0.3) is 0 Å². The molecule has 0 bridgehead atoms. The van der Waals surface area contributed by atoms with Crippen LogP contribution >= 0.6 is 0 Å². The molecule has 120 valence electrons. The van der Waals surface area contributed by atoms with Gasteiger partial charge in [0.25, 0.3) is 11.8 Å². The summed E-state index contributed by atoms with van der Waals surface area (Å²) in [7, 11) is 0. The lowest BCUT2D eigenvalue weighted by atomic mass is 9.86. The fourth-order valence-corrected chi connectivity index (χ4v) is 3.51. The van der Waals surface area contributed by atoms with Gasteiger partial charge in [-0.05, 0) is 42.7 Å². The molecule has 0 aromatic heterocycles. The molecule has 0 saturated carbocycles. The monoisotopic (exact) mass is 321 g/mol. The molecule has 0 atom stereocenters. The van der Waals surface area contributed by atoms with Gasteiger partial charge in [0.05, 0.1) is 17.7 Å². The van der Waals surface area contributed by atoms with Gasteiger partial charge in [-0.1, -0.05) is 12.1 Å². The molecular formula is C19H15NO4. The highest BCUT2D eigenvalue weighted by Crippen LogP contribution is 2.33. The summed E-state index contributed by atoms with van der Waals surface area (Å²) in [6, 6.07) is 9.77. The highest BCUT2D eigenvalue weighted by Gasteiger charge is 2.36. The molecule has 1 aliphatic heterocycles. The predicted octanol–water partition coefficient (Wildman–Crippen LogP) is 2.71. The number of hydrogen-bond donors (Lipinski definition) is 1. The minimum absolute atomic E-state index is 0.0139. The summed E-state index contributed by atoms with van der Waals surface area (Å²) in [5.41, 5.74) is 2.59. The van der Waals surface area contributed by atoms with Crippen molar-refractivity contribution in [2.45, 2.75) is 25.8 Å². The zero-order valence-electron chi connectivity index (χ0n) is 12.9. The zero-order valence-corrected chi connectivity index (χ0v) is 12.9.